The van der Waals surface area contributed by atoms with Gasteiger partial charge in [-0.3, -0.25) is 0 Å². The third-order valence-corrected chi connectivity index (χ3v) is 7.72. The van der Waals surface area contributed by atoms with E-state index in [-0.39, 0.29) is 0 Å². The number of rotatable bonds is 6. The first kappa shape index (κ1) is 23.9. The predicted octanol–water partition coefficient (Wildman–Crippen LogP) is 8.91. The van der Waals surface area contributed by atoms with Gasteiger partial charge in [0, 0.05) is 53.8 Å². The maximum Gasteiger partial charge on any atom is 0.219 e. The van der Waals surface area contributed by atoms with E-state index in [0.29, 0.717) is 0 Å². The van der Waals surface area contributed by atoms with Crippen molar-refractivity contribution in [3.63, 3.8) is 0 Å². The summed E-state index contributed by atoms with van der Waals surface area (Å²) in [6.07, 6.45) is 7.81. The third-order valence-electron chi connectivity index (χ3n) is 7.72. The molecule has 2 heteroatoms. The van der Waals surface area contributed by atoms with E-state index in [1.54, 1.807) is 0 Å². The lowest BCUT2D eigenvalue weighted by atomic mass is 10.0. The molecule has 0 saturated heterocycles. The van der Waals surface area contributed by atoms with Gasteiger partial charge < -0.3 is 4.57 Å². The number of para-hydroxylation sites is 3. The van der Waals surface area contributed by atoms with Gasteiger partial charge in [0.15, 0.2) is 5.71 Å². The van der Waals surface area contributed by atoms with Gasteiger partial charge in [0.05, 0.1) is 11.1 Å². The molecule has 0 unspecified atom stereocenters. The summed E-state index contributed by atoms with van der Waals surface area (Å²) in [5, 5.41) is 1.31. The van der Waals surface area contributed by atoms with Crippen molar-refractivity contribution in [3.8, 4) is 0 Å². The van der Waals surface area contributed by atoms with Crippen LogP contribution >= 0.6 is 0 Å². The third kappa shape index (κ3) is 4.33. The first-order valence-corrected chi connectivity index (χ1v) is 13.4. The Labute approximate surface area is 225 Å². The van der Waals surface area contributed by atoms with Crippen LogP contribution < -0.4 is 4.58 Å². The molecule has 6 rings (SSSR count). The highest BCUT2D eigenvalue weighted by Crippen LogP contribution is 2.37. The second kappa shape index (κ2) is 10.1. The molecule has 2 nitrogen and oxygen atoms in total. The number of benzene rings is 4. The highest BCUT2D eigenvalue weighted by atomic mass is 15.0. The maximum atomic E-state index is 2.47. The molecule has 0 atom stereocenters. The molecule has 0 fully saturated rings. The average Bonchev–Trinajstić information content (AvgIpc) is 3.38. The van der Waals surface area contributed by atoms with Crippen LogP contribution in [0.3, 0.4) is 0 Å². The largest absolute Gasteiger partial charge is 0.344 e. The van der Waals surface area contributed by atoms with E-state index < -0.39 is 0 Å². The Morgan fingerprint density at radius 3 is 2.26 bits per heavy atom. The average molecular weight is 494 g/mol. The number of aromatic nitrogens is 1. The van der Waals surface area contributed by atoms with Gasteiger partial charge in [-0.1, -0.05) is 90.5 Å². The Bertz CT molecular complexity index is 1710. The van der Waals surface area contributed by atoms with E-state index in [0.717, 1.165) is 13.0 Å². The van der Waals surface area contributed by atoms with Gasteiger partial charge in [-0.15, -0.1) is 0 Å². The van der Waals surface area contributed by atoms with E-state index >= 15 is 0 Å². The SMILES string of the molecule is CC1=[N+](c2ccccc2)c2ccccc2/C1=C/C=C/c1c(C)n(CCc2ccc(C)cc2)c2ccccc12. The van der Waals surface area contributed by atoms with Gasteiger partial charge in [-0.25, -0.2) is 0 Å². The van der Waals surface area contributed by atoms with Crippen LogP contribution in [0.15, 0.2) is 115 Å². The second-order valence-corrected chi connectivity index (χ2v) is 10.1. The molecule has 0 aliphatic carbocycles. The zero-order valence-corrected chi connectivity index (χ0v) is 22.4. The van der Waals surface area contributed by atoms with Crippen molar-refractivity contribution in [2.45, 2.75) is 33.7 Å². The first-order valence-electron chi connectivity index (χ1n) is 13.4. The fourth-order valence-electron chi connectivity index (χ4n) is 5.71. The van der Waals surface area contributed by atoms with Crippen LogP contribution in [0.25, 0.3) is 22.6 Å². The Morgan fingerprint density at radius 2 is 1.45 bits per heavy atom. The molecule has 0 spiro atoms. The monoisotopic (exact) mass is 493 g/mol. The summed E-state index contributed by atoms with van der Waals surface area (Å²) >= 11 is 0. The van der Waals surface area contributed by atoms with Gasteiger partial charge in [-0.05, 0) is 44.0 Å². The predicted molar refractivity (Wildman–Crippen MR) is 164 cm³/mol. The molecule has 1 aliphatic heterocycles. The van der Waals surface area contributed by atoms with Crippen molar-refractivity contribution in [2.75, 3.05) is 0 Å². The molecule has 2 heterocycles. The van der Waals surface area contributed by atoms with Crippen LogP contribution in [0, 0.1) is 13.8 Å². The zero-order valence-electron chi connectivity index (χ0n) is 22.4. The van der Waals surface area contributed by atoms with E-state index in [1.165, 1.54) is 61.5 Å². The van der Waals surface area contributed by atoms with E-state index in [4.69, 9.17) is 0 Å². The van der Waals surface area contributed by atoms with Crippen LogP contribution in [-0.2, 0) is 13.0 Å². The number of fused-ring (bicyclic) bond motifs is 2. The fraction of sp³-hybridized carbons (Fsp3) is 0.139. The second-order valence-electron chi connectivity index (χ2n) is 10.1. The molecule has 0 radical (unpaired) electrons. The Balaban J connectivity index is 1.36. The minimum absolute atomic E-state index is 0.969. The molecular weight excluding hydrogens is 460 g/mol. The van der Waals surface area contributed by atoms with Crippen LogP contribution in [0.2, 0.25) is 0 Å². The smallest absolute Gasteiger partial charge is 0.219 e. The molecule has 4 aromatic carbocycles. The standard InChI is InChI=1S/C36H33N2/c1-26-20-22-29(23-21-26)24-25-37-27(2)31(33-14-7-9-18-35(33)37)16-11-17-32-28(3)38(30-12-5-4-6-13-30)36-19-10-8-15-34(32)36/h4-23H,24-25H2,1-3H3/q+1. The van der Waals surface area contributed by atoms with Crippen molar-refractivity contribution in [2.24, 2.45) is 0 Å². The molecule has 1 aromatic heterocycles. The van der Waals surface area contributed by atoms with Crippen LogP contribution in [0.5, 0.6) is 0 Å². The van der Waals surface area contributed by atoms with Gasteiger partial charge >= 0.3 is 0 Å². The van der Waals surface area contributed by atoms with Gasteiger partial charge in [0.2, 0.25) is 11.4 Å². The van der Waals surface area contributed by atoms with Crippen LogP contribution in [0.1, 0.15) is 34.9 Å². The van der Waals surface area contributed by atoms with E-state index in [2.05, 4.69) is 151 Å². The molecule has 0 bridgehead atoms. The molecule has 5 aromatic rings. The fourth-order valence-corrected chi connectivity index (χ4v) is 5.71. The number of nitrogens with zero attached hydrogens (tertiary/aromatic N) is 2. The maximum absolute atomic E-state index is 2.47. The first-order chi connectivity index (χ1) is 18.6. The van der Waals surface area contributed by atoms with Crippen molar-refractivity contribution in [1.29, 1.82) is 0 Å². The summed E-state index contributed by atoms with van der Waals surface area (Å²) in [7, 11) is 0. The highest BCUT2D eigenvalue weighted by Gasteiger charge is 2.32. The van der Waals surface area contributed by atoms with Crippen LogP contribution in [-0.4, -0.2) is 10.3 Å². The lowest BCUT2D eigenvalue weighted by Gasteiger charge is -2.09. The molecule has 0 saturated carbocycles. The molecule has 1 aliphatic rings. The zero-order chi connectivity index (χ0) is 26.1. The Kier molecular flexibility index (Phi) is 6.39. The lowest BCUT2D eigenvalue weighted by molar-refractivity contribution is 0.702. The topological polar surface area (TPSA) is 7.94 Å². The normalized spacial score (nSPS) is 14.2. The van der Waals surface area contributed by atoms with E-state index in [9.17, 15) is 0 Å². The lowest BCUT2D eigenvalue weighted by Crippen LogP contribution is -2.07. The van der Waals surface area contributed by atoms with Crippen molar-refractivity contribution >= 4 is 39.6 Å². The number of hydrogen-bond acceptors (Lipinski definition) is 0. The van der Waals surface area contributed by atoms with Gasteiger partial charge in [0.1, 0.15) is 0 Å². The number of aryl methyl sites for hydroxylation is 3. The highest BCUT2D eigenvalue weighted by molar-refractivity contribution is 6.29. The summed E-state index contributed by atoms with van der Waals surface area (Å²) in [6, 6.07) is 37.0. The van der Waals surface area contributed by atoms with Crippen LogP contribution in [0.4, 0.5) is 11.4 Å². The minimum Gasteiger partial charge on any atom is -0.344 e. The quantitative estimate of drug-likeness (QED) is 0.209. The van der Waals surface area contributed by atoms with Crippen molar-refractivity contribution < 1.29 is 0 Å². The van der Waals surface area contributed by atoms with Gasteiger partial charge in [0.25, 0.3) is 0 Å². The Morgan fingerprint density at radius 1 is 0.737 bits per heavy atom. The van der Waals surface area contributed by atoms with Crippen molar-refractivity contribution in [1.82, 2.24) is 9.14 Å². The number of allylic oxidation sites excluding steroid dienone is 3. The summed E-state index contributed by atoms with van der Waals surface area (Å²) in [4.78, 5) is 0. The molecular formula is C36H33N2+. The van der Waals surface area contributed by atoms with Crippen molar-refractivity contribution in [3.05, 3.63) is 143 Å². The molecule has 0 amide bonds. The van der Waals surface area contributed by atoms with Gasteiger partial charge in [-0.2, -0.15) is 4.58 Å². The molecule has 0 N–H and O–H groups in total. The molecule has 186 valence electrons. The minimum atomic E-state index is 0.969. The number of hydrogen-bond donors (Lipinski definition) is 0. The molecule has 38 heavy (non-hydrogen) atoms. The summed E-state index contributed by atoms with van der Waals surface area (Å²) < 4.78 is 4.83. The summed E-state index contributed by atoms with van der Waals surface area (Å²) in [5.41, 5.74) is 12.8. The van der Waals surface area contributed by atoms with E-state index in [1.807, 2.05) is 0 Å². The summed E-state index contributed by atoms with van der Waals surface area (Å²) in [5.74, 6) is 0. The Hall–Kier alpha value is -4.43. The summed E-state index contributed by atoms with van der Waals surface area (Å²) in [6.45, 7) is 7.58.